The van der Waals surface area contributed by atoms with Crippen LogP contribution in [0.5, 0.6) is 0 Å². The van der Waals surface area contributed by atoms with Crippen molar-refractivity contribution in [1.29, 1.82) is 0 Å². The second kappa shape index (κ2) is 6.67. The van der Waals surface area contributed by atoms with E-state index in [4.69, 9.17) is 0 Å². The number of carbonyl (C=O) groups is 1. The Morgan fingerprint density at radius 1 is 1.17 bits per heavy atom. The lowest BCUT2D eigenvalue weighted by molar-refractivity contribution is -0.114. The molecule has 1 amide bonds. The third-order valence-corrected chi connectivity index (χ3v) is 5.24. The predicted octanol–water partition coefficient (Wildman–Crippen LogP) is 3.66. The van der Waals surface area contributed by atoms with E-state index in [2.05, 4.69) is 26.0 Å². The van der Waals surface area contributed by atoms with E-state index in [0.717, 1.165) is 16.1 Å². The summed E-state index contributed by atoms with van der Waals surface area (Å²) in [6.07, 6.45) is 0. The smallest absolute Gasteiger partial charge is 0.261 e. The molecule has 0 atom stereocenters. The lowest BCUT2D eigenvalue weighted by atomic mass is 10.2. The SMILES string of the molecule is CC(=O)Nc1cc(NS(=O)(=O)c2ccc(Br)c(C)c2)ccc1F. The molecule has 0 aliphatic carbocycles. The summed E-state index contributed by atoms with van der Waals surface area (Å²) in [5.74, 6) is -1.10. The van der Waals surface area contributed by atoms with Crippen molar-refractivity contribution in [3.63, 3.8) is 0 Å². The summed E-state index contributed by atoms with van der Waals surface area (Å²) in [5, 5.41) is 2.30. The molecular weight excluding hydrogens is 387 g/mol. The van der Waals surface area contributed by atoms with Gasteiger partial charge in [-0.3, -0.25) is 9.52 Å². The molecule has 0 radical (unpaired) electrons. The van der Waals surface area contributed by atoms with Crippen LogP contribution in [0.3, 0.4) is 0 Å². The fraction of sp³-hybridized carbons (Fsp3) is 0.133. The van der Waals surface area contributed by atoms with Crippen molar-refractivity contribution in [3.05, 3.63) is 52.3 Å². The largest absolute Gasteiger partial charge is 0.324 e. The minimum atomic E-state index is -3.82. The van der Waals surface area contributed by atoms with Gasteiger partial charge in [-0.25, -0.2) is 12.8 Å². The molecule has 0 unspecified atom stereocenters. The highest BCUT2D eigenvalue weighted by Gasteiger charge is 2.16. The summed E-state index contributed by atoms with van der Waals surface area (Å²) in [4.78, 5) is 11.1. The van der Waals surface area contributed by atoms with Gasteiger partial charge >= 0.3 is 0 Å². The molecule has 2 aromatic rings. The first-order valence-corrected chi connectivity index (χ1v) is 8.83. The van der Waals surface area contributed by atoms with Gasteiger partial charge in [0.25, 0.3) is 10.0 Å². The molecule has 0 saturated carbocycles. The molecule has 2 rings (SSSR count). The molecule has 0 aromatic heterocycles. The molecule has 0 saturated heterocycles. The van der Waals surface area contributed by atoms with Crippen LogP contribution in [0.25, 0.3) is 0 Å². The molecule has 0 fully saturated rings. The molecule has 2 aromatic carbocycles. The molecule has 23 heavy (non-hydrogen) atoms. The topological polar surface area (TPSA) is 75.3 Å². The number of anilines is 2. The zero-order valence-electron chi connectivity index (χ0n) is 12.4. The van der Waals surface area contributed by atoms with E-state index < -0.39 is 21.7 Å². The van der Waals surface area contributed by atoms with E-state index in [0.29, 0.717) is 0 Å². The molecule has 122 valence electrons. The third kappa shape index (κ3) is 4.29. The van der Waals surface area contributed by atoms with Crippen LogP contribution >= 0.6 is 15.9 Å². The van der Waals surface area contributed by atoms with E-state index in [1.165, 1.54) is 31.2 Å². The summed E-state index contributed by atoms with van der Waals surface area (Å²) >= 11 is 3.31. The van der Waals surface area contributed by atoms with E-state index in [1.807, 2.05) is 0 Å². The second-order valence-corrected chi connectivity index (χ2v) is 7.43. The zero-order valence-corrected chi connectivity index (χ0v) is 14.8. The maximum absolute atomic E-state index is 13.6. The van der Waals surface area contributed by atoms with E-state index in [1.54, 1.807) is 13.0 Å². The molecule has 0 aliphatic heterocycles. The van der Waals surface area contributed by atoms with Gasteiger partial charge in [-0.05, 0) is 48.9 Å². The Hall–Kier alpha value is -1.93. The lowest BCUT2D eigenvalue weighted by Crippen LogP contribution is -2.14. The quantitative estimate of drug-likeness (QED) is 0.821. The number of hydrogen-bond acceptors (Lipinski definition) is 3. The van der Waals surface area contributed by atoms with Crippen LogP contribution < -0.4 is 10.0 Å². The van der Waals surface area contributed by atoms with Crippen LogP contribution in [0, 0.1) is 12.7 Å². The van der Waals surface area contributed by atoms with Gasteiger partial charge in [-0.15, -0.1) is 0 Å². The van der Waals surface area contributed by atoms with Gasteiger partial charge in [0, 0.05) is 11.4 Å². The van der Waals surface area contributed by atoms with Gasteiger partial charge in [0.15, 0.2) is 0 Å². The highest BCUT2D eigenvalue weighted by molar-refractivity contribution is 9.10. The van der Waals surface area contributed by atoms with E-state index >= 15 is 0 Å². The van der Waals surface area contributed by atoms with E-state index in [-0.39, 0.29) is 16.3 Å². The second-order valence-electron chi connectivity index (χ2n) is 4.89. The van der Waals surface area contributed by atoms with Gasteiger partial charge in [0.1, 0.15) is 5.82 Å². The van der Waals surface area contributed by atoms with Crippen molar-refractivity contribution in [1.82, 2.24) is 0 Å². The fourth-order valence-electron chi connectivity index (χ4n) is 1.87. The monoisotopic (exact) mass is 400 g/mol. The van der Waals surface area contributed by atoms with Crippen LogP contribution in [-0.2, 0) is 14.8 Å². The number of nitrogens with one attached hydrogen (secondary N) is 2. The summed E-state index contributed by atoms with van der Waals surface area (Å²) in [6, 6.07) is 8.19. The molecular formula is C15H14BrFN2O3S. The molecule has 8 heteroatoms. The number of rotatable bonds is 4. The summed E-state index contributed by atoms with van der Waals surface area (Å²) in [7, 11) is -3.82. The van der Waals surface area contributed by atoms with Crippen molar-refractivity contribution >= 4 is 43.2 Å². The number of sulfonamides is 1. The summed E-state index contributed by atoms with van der Waals surface area (Å²) < 4.78 is 41.5. The van der Waals surface area contributed by atoms with Gasteiger partial charge in [0.05, 0.1) is 16.3 Å². The average Bonchev–Trinajstić information content (AvgIpc) is 2.44. The van der Waals surface area contributed by atoms with Crippen molar-refractivity contribution < 1.29 is 17.6 Å². The zero-order chi connectivity index (χ0) is 17.2. The molecule has 0 heterocycles. The van der Waals surface area contributed by atoms with Crippen molar-refractivity contribution in [2.24, 2.45) is 0 Å². The van der Waals surface area contributed by atoms with Gasteiger partial charge in [-0.1, -0.05) is 15.9 Å². The number of benzene rings is 2. The van der Waals surface area contributed by atoms with Crippen molar-refractivity contribution in [3.8, 4) is 0 Å². The van der Waals surface area contributed by atoms with Crippen LogP contribution in [0.2, 0.25) is 0 Å². The minimum Gasteiger partial charge on any atom is -0.324 e. The van der Waals surface area contributed by atoms with Gasteiger partial charge in [-0.2, -0.15) is 0 Å². The molecule has 0 spiro atoms. The number of carbonyl (C=O) groups excluding carboxylic acids is 1. The first-order valence-electron chi connectivity index (χ1n) is 6.55. The maximum atomic E-state index is 13.6. The highest BCUT2D eigenvalue weighted by Crippen LogP contribution is 2.24. The fourth-order valence-corrected chi connectivity index (χ4v) is 3.25. The van der Waals surface area contributed by atoms with Crippen LogP contribution in [-0.4, -0.2) is 14.3 Å². The maximum Gasteiger partial charge on any atom is 0.261 e. The van der Waals surface area contributed by atoms with Crippen molar-refractivity contribution in [2.75, 3.05) is 10.0 Å². The lowest BCUT2D eigenvalue weighted by Gasteiger charge is -2.11. The standard InChI is InChI=1S/C15H14BrFN2O3S/c1-9-7-12(4-5-13(9)16)23(21,22)19-11-3-6-14(17)15(8-11)18-10(2)20/h3-8,19H,1-2H3,(H,18,20). The number of aryl methyl sites for hydroxylation is 1. The first kappa shape index (κ1) is 17.4. The Morgan fingerprint density at radius 2 is 1.87 bits per heavy atom. The number of amides is 1. The molecule has 2 N–H and O–H groups in total. The van der Waals surface area contributed by atoms with Crippen molar-refractivity contribution in [2.45, 2.75) is 18.7 Å². The third-order valence-electron chi connectivity index (χ3n) is 2.97. The Balaban J connectivity index is 2.33. The van der Waals surface area contributed by atoms with E-state index in [9.17, 15) is 17.6 Å². The van der Waals surface area contributed by atoms with Crippen LogP contribution in [0.15, 0.2) is 45.8 Å². The Morgan fingerprint density at radius 3 is 2.48 bits per heavy atom. The minimum absolute atomic E-state index is 0.0867. The molecule has 0 bridgehead atoms. The van der Waals surface area contributed by atoms with Gasteiger partial charge < -0.3 is 5.32 Å². The number of hydrogen-bond donors (Lipinski definition) is 2. The highest BCUT2D eigenvalue weighted by atomic mass is 79.9. The number of halogens is 2. The summed E-state index contributed by atoms with van der Waals surface area (Å²) in [6.45, 7) is 3.01. The van der Waals surface area contributed by atoms with Crippen LogP contribution in [0.4, 0.5) is 15.8 Å². The Bertz CT molecular complexity index is 869. The van der Waals surface area contributed by atoms with Gasteiger partial charge in [0.2, 0.25) is 5.91 Å². The normalized spacial score (nSPS) is 11.1. The first-order chi connectivity index (χ1) is 10.7. The summed E-state index contributed by atoms with van der Waals surface area (Å²) in [5.41, 5.74) is 0.825. The average molecular weight is 401 g/mol. The molecule has 5 nitrogen and oxygen atoms in total. The molecule has 0 aliphatic rings. The predicted molar refractivity (Wildman–Crippen MR) is 90.4 cm³/mol. The Kier molecular flexibility index (Phi) is 5.06. The van der Waals surface area contributed by atoms with Crippen LogP contribution in [0.1, 0.15) is 12.5 Å². The Labute approximate surface area is 142 Å².